The molecule has 0 bridgehead atoms. The van der Waals surface area contributed by atoms with Crippen molar-refractivity contribution in [3.63, 3.8) is 0 Å². The first-order valence-corrected chi connectivity index (χ1v) is 5.21. The second-order valence-corrected chi connectivity index (χ2v) is 3.56. The number of aromatic nitrogens is 1. The molecule has 0 unspecified atom stereocenters. The van der Waals surface area contributed by atoms with Crippen molar-refractivity contribution in [1.29, 1.82) is 0 Å². The van der Waals surface area contributed by atoms with Gasteiger partial charge in [0, 0.05) is 0 Å². The zero-order valence-corrected chi connectivity index (χ0v) is 9.14. The number of aliphatic hydroxyl groups is 1. The summed E-state index contributed by atoms with van der Waals surface area (Å²) < 4.78 is 18.3. The number of aliphatic hydroxyl groups excluding tert-OH is 1. The number of benzene rings is 1. The Kier molecular flexibility index (Phi) is 3.67. The number of pyridine rings is 1. The van der Waals surface area contributed by atoms with Gasteiger partial charge in [0.2, 0.25) is 0 Å². The summed E-state index contributed by atoms with van der Waals surface area (Å²) in [7, 11) is 0. The van der Waals surface area contributed by atoms with Crippen molar-refractivity contribution >= 4 is 0 Å². The van der Waals surface area contributed by atoms with Crippen LogP contribution in [0.1, 0.15) is 11.3 Å². The van der Waals surface area contributed by atoms with E-state index in [0.717, 1.165) is 5.56 Å². The smallest absolute Gasteiger partial charge is 0.138 e. The monoisotopic (exact) mass is 233 g/mol. The largest absolute Gasteiger partial charge is 0.487 e. The van der Waals surface area contributed by atoms with Crippen molar-refractivity contribution in [3.05, 3.63) is 59.7 Å². The third kappa shape index (κ3) is 3.26. The van der Waals surface area contributed by atoms with Gasteiger partial charge in [0.05, 0.1) is 18.5 Å². The molecule has 3 nitrogen and oxygen atoms in total. The highest BCUT2D eigenvalue weighted by Gasteiger charge is 1.98. The number of rotatable bonds is 4. The van der Waals surface area contributed by atoms with E-state index in [9.17, 15) is 4.39 Å². The maximum Gasteiger partial charge on any atom is 0.138 e. The van der Waals surface area contributed by atoms with Gasteiger partial charge in [-0.2, -0.15) is 0 Å². The minimum atomic E-state index is -0.278. The van der Waals surface area contributed by atoms with E-state index in [1.54, 1.807) is 24.3 Å². The molecule has 0 aliphatic rings. The Morgan fingerprint density at radius 1 is 1.24 bits per heavy atom. The molecule has 0 radical (unpaired) electrons. The molecule has 17 heavy (non-hydrogen) atoms. The molecule has 0 spiro atoms. The summed E-state index contributed by atoms with van der Waals surface area (Å²) in [6, 6.07) is 9.65. The minimum absolute atomic E-state index is 0.0931. The van der Waals surface area contributed by atoms with Crippen molar-refractivity contribution < 1.29 is 14.2 Å². The van der Waals surface area contributed by atoms with Crippen LogP contribution in [0.2, 0.25) is 0 Å². The molecule has 1 aromatic carbocycles. The first-order chi connectivity index (χ1) is 8.28. The van der Waals surface area contributed by atoms with E-state index < -0.39 is 0 Å². The van der Waals surface area contributed by atoms with Crippen LogP contribution in [0, 0.1) is 5.82 Å². The molecular weight excluding hydrogens is 221 g/mol. The average molecular weight is 233 g/mol. The van der Waals surface area contributed by atoms with Gasteiger partial charge in [-0.3, -0.25) is 4.98 Å². The zero-order chi connectivity index (χ0) is 12.1. The van der Waals surface area contributed by atoms with Crippen LogP contribution in [0.25, 0.3) is 0 Å². The molecule has 2 rings (SSSR count). The third-order valence-electron chi connectivity index (χ3n) is 2.25. The fourth-order valence-electron chi connectivity index (χ4n) is 1.38. The normalized spacial score (nSPS) is 10.2. The Labute approximate surface area is 98.5 Å². The van der Waals surface area contributed by atoms with Gasteiger partial charge >= 0.3 is 0 Å². The summed E-state index contributed by atoms with van der Waals surface area (Å²) in [4.78, 5) is 3.98. The Morgan fingerprint density at radius 2 is 2.12 bits per heavy atom. The first-order valence-electron chi connectivity index (χ1n) is 5.21. The van der Waals surface area contributed by atoms with E-state index in [4.69, 9.17) is 9.84 Å². The van der Waals surface area contributed by atoms with Crippen LogP contribution in [-0.4, -0.2) is 10.1 Å². The third-order valence-corrected chi connectivity index (χ3v) is 2.25. The fraction of sp³-hybridized carbons (Fsp3) is 0.154. The second kappa shape index (κ2) is 5.41. The predicted octanol–water partition coefficient (Wildman–Crippen LogP) is 2.29. The molecule has 0 atom stereocenters. The van der Waals surface area contributed by atoms with Gasteiger partial charge in [-0.1, -0.05) is 12.1 Å². The SMILES string of the molecule is OCc1ccc(OCc2cccc(F)c2)cn1. The lowest BCUT2D eigenvalue weighted by molar-refractivity contribution is 0.275. The van der Waals surface area contributed by atoms with Gasteiger partial charge in [-0.25, -0.2) is 4.39 Å². The summed E-state index contributed by atoms with van der Waals surface area (Å²) >= 11 is 0. The molecule has 1 aromatic heterocycles. The van der Waals surface area contributed by atoms with E-state index >= 15 is 0 Å². The summed E-state index contributed by atoms with van der Waals surface area (Å²) in [5.74, 6) is 0.311. The van der Waals surface area contributed by atoms with Crippen LogP contribution < -0.4 is 4.74 Å². The molecule has 0 amide bonds. The van der Waals surface area contributed by atoms with E-state index in [2.05, 4.69) is 4.98 Å². The molecule has 88 valence electrons. The van der Waals surface area contributed by atoms with Gasteiger partial charge in [-0.15, -0.1) is 0 Å². The highest BCUT2D eigenvalue weighted by Crippen LogP contribution is 2.12. The van der Waals surface area contributed by atoms with E-state index in [1.807, 2.05) is 0 Å². The molecule has 0 saturated heterocycles. The minimum Gasteiger partial charge on any atom is -0.487 e. The molecule has 4 heteroatoms. The standard InChI is InChI=1S/C13H12FNO2/c14-11-3-1-2-10(6-11)9-17-13-5-4-12(8-16)15-7-13/h1-7,16H,8-9H2. The van der Waals surface area contributed by atoms with Crippen molar-refractivity contribution in [2.45, 2.75) is 13.2 Å². The zero-order valence-electron chi connectivity index (χ0n) is 9.14. The Bertz CT molecular complexity index is 485. The van der Waals surface area contributed by atoms with Crippen LogP contribution in [-0.2, 0) is 13.2 Å². The lowest BCUT2D eigenvalue weighted by Gasteiger charge is -2.06. The molecule has 0 saturated carbocycles. The van der Waals surface area contributed by atoms with Crippen molar-refractivity contribution in [3.8, 4) is 5.75 Å². The molecule has 0 aliphatic carbocycles. The molecule has 1 N–H and O–H groups in total. The van der Waals surface area contributed by atoms with Crippen LogP contribution >= 0.6 is 0 Å². The number of hydrogen-bond donors (Lipinski definition) is 1. The summed E-state index contributed by atoms with van der Waals surface area (Å²) in [6.45, 7) is 0.197. The van der Waals surface area contributed by atoms with E-state index in [0.29, 0.717) is 11.4 Å². The summed E-state index contributed by atoms with van der Waals surface area (Å²) in [5.41, 5.74) is 1.35. The van der Waals surface area contributed by atoms with Crippen LogP contribution in [0.3, 0.4) is 0 Å². The number of halogens is 1. The fourth-order valence-corrected chi connectivity index (χ4v) is 1.38. The summed E-state index contributed by atoms with van der Waals surface area (Å²) in [6.07, 6.45) is 1.53. The first kappa shape index (κ1) is 11.5. The Morgan fingerprint density at radius 3 is 2.76 bits per heavy atom. The molecule has 1 heterocycles. The highest BCUT2D eigenvalue weighted by atomic mass is 19.1. The summed E-state index contributed by atoms with van der Waals surface area (Å²) in [5, 5.41) is 8.82. The lowest BCUT2D eigenvalue weighted by atomic mass is 10.2. The topological polar surface area (TPSA) is 42.4 Å². The lowest BCUT2D eigenvalue weighted by Crippen LogP contribution is -1.97. The quantitative estimate of drug-likeness (QED) is 0.881. The van der Waals surface area contributed by atoms with Crippen molar-refractivity contribution in [2.75, 3.05) is 0 Å². The Hall–Kier alpha value is -1.94. The molecular formula is C13H12FNO2. The van der Waals surface area contributed by atoms with E-state index in [1.165, 1.54) is 18.3 Å². The number of ether oxygens (including phenoxy) is 1. The van der Waals surface area contributed by atoms with Crippen LogP contribution in [0.15, 0.2) is 42.6 Å². The maximum atomic E-state index is 12.9. The van der Waals surface area contributed by atoms with Gasteiger partial charge in [0.1, 0.15) is 18.2 Å². The maximum absolute atomic E-state index is 12.9. The van der Waals surface area contributed by atoms with Crippen LogP contribution in [0.5, 0.6) is 5.75 Å². The average Bonchev–Trinajstić information content (AvgIpc) is 2.37. The highest BCUT2D eigenvalue weighted by molar-refractivity contribution is 5.21. The van der Waals surface area contributed by atoms with Crippen LogP contribution in [0.4, 0.5) is 4.39 Å². The predicted molar refractivity (Wildman–Crippen MR) is 60.9 cm³/mol. The van der Waals surface area contributed by atoms with Crippen molar-refractivity contribution in [2.24, 2.45) is 0 Å². The molecule has 2 aromatic rings. The number of nitrogens with zero attached hydrogens (tertiary/aromatic N) is 1. The number of hydrogen-bond acceptors (Lipinski definition) is 3. The van der Waals surface area contributed by atoms with Crippen molar-refractivity contribution in [1.82, 2.24) is 4.98 Å². The molecule has 0 fully saturated rings. The molecule has 0 aliphatic heterocycles. The van der Waals surface area contributed by atoms with E-state index in [-0.39, 0.29) is 19.0 Å². The van der Waals surface area contributed by atoms with Gasteiger partial charge in [0.15, 0.2) is 0 Å². The van der Waals surface area contributed by atoms with Gasteiger partial charge in [0.25, 0.3) is 0 Å². The second-order valence-electron chi connectivity index (χ2n) is 3.56. The van der Waals surface area contributed by atoms with Gasteiger partial charge < -0.3 is 9.84 Å². The van der Waals surface area contributed by atoms with Gasteiger partial charge in [-0.05, 0) is 29.8 Å². The Balaban J connectivity index is 1.97.